The van der Waals surface area contributed by atoms with Crippen molar-refractivity contribution in [3.05, 3.63) is 71.8 Å². The van der Waals surface area contributed by atoms with Crippen LogP contribution in [0.15, 0.2) is 54.4 Å². The monoisotopic (exact) mass is 672 g/mol. The minimum absolute atomic E-state index is 0.0448. The number of amides is 1. The number of hydrogen-bond acceptors (Lipinski definition) is 8. The van der Waals surface area contributed by atoms with Crippen LogP contribution in [-0.4, -0.2) is 67.7 Å². The second-order valence-corrected chi connectivity index (χ2v) is 12.8. The molecule has 1 saturated carbocycles. The number of fused-ring (bicyclic) bond motifs is 1. The molecule has 2 fully saturated rings. The second kappa shape index (κ2) is 14.3. The highest BCUT2D eigenvalue weighted by Crippen LogP contribution is 2.42. The number of ether oxygens (including phenoxy) is 1. The fourth-order valence-electron chi connectivity index (χ4n) is 7.20. The molecule has 2 aliphatic rings. The number of nitriles is 1. The van der Waals surface area contributed by atoms with E-state index in [1.54, 1.807) is 9.58 Å². The molecular weight excluding hydrogens is 633 g/mol. The Kier molecular flexibility index (Phi) is 9.87. The summed E-state index contributed by atoms with van der Waals surface area (Å²) in [6.07, 6.45) is 8.70. The molecule has 0 radical (unpaired) electrons. The van der Waals surface area contributed by atoms with Gasteiger partial charge in [0, 0.05) is 30.1 Å². The van der Waals surface area contributed by atoms with Crippen LogP contribution in [0.3, 0.4) is 0 Å². The maximum atomic E-state index is 15.6. The lowest BCUT2D eigenvalue weighted by molar-refractivity contribution is -0.127. The van der Waals surface area contributed by atoms with Crippen LogP contribution in [0, 0.1) is 34.2 Å². The summed E-state index contributed by atoms with van der Waals surface area (Å²) in [4.78, 5) is 26.6. The number of anilines is 1. The van der Waals surface area contributed by atoms with Crippen molar-refractivity contribution < 1.29 is 22.7 Å². The number of nitrogen functional groups attached to an aromatic ring is 1. The summed E-state index contributed by atoms with van der Waals surface area (Å²) in [5, 5.41) is 15.2. The van der Waals surface area contributed by atoms with E-state index in [1.807, 2.05) is 6.08 Å². The Morgan fingerprint density at radius 3 is 2.61 bits per heavy atom. The smallest absolute Gasteiger partial charge is 0.264 e. The van der Waals surface area contributed by atoms with E-state index in [-0.39, 0.29) is 58.1 Å². The zero-order chi connectivity index (χ0) is 34.7. The van der Waals surface area contributed by atoms with Crippen LogP contribution in [0.1, 0.15) is 52.4 Å². The Morgan fingerprint density at radius 1 is 1.12 bits per heavy atom. The lowest BCUT2D eigenvalue weighted by atomic mass is 9.83. The average molecular weight is 673 g/mol. The summed E-state index contributed by atoms with van der Waals surface area (Å²) in [5.41, 5.74) is 6.84. The van der Waals surface area contributed by atoms with Crippen molar-refractivity contribution >= 4 is 22.8 Å². The van der Waals surface area contributed by atoms with Gasteiger partial charge in [-0.1, -0.05) is 38.8 Å². The molecule has 2 aromatic heterocycles. The Morgan fingerprint density at radius 2 is 1.90 bits per heavy atom. The quantitative estimate of drug-likeness (QED) is 0.139. The number of aromatic nitrogens is 4. The minimum Gasteiger partial charge on any atom is -0.454 e. The van der Waals surface area contributed by atoms with Crippen LogP contribution in [0.25, 0.3) is 22.3 Å². The van der Waals surface area contributed by atoms with E-state index >= 15 is 4.39 Å². The van der Waals surface area contributed by atoms with Gasteiger partial charge in [0.2, 0.25) is 5.82 Å². The topological polar surface area (TPSA) is 126 Å². The molecule has 256 valence electrons. The summed E-state index contributed by atoms with van der Waals surface area (Å²) in [6.45, 7) is 7.61. The van der Waals surface area contributed by atoms with E-state index in [4.69, 9.17) is 15.6 Å². The van der Waals surface area contributed by atoms with Crippen LogP contribution < -0.4 is 10.5 Å². The molecule has 4 aromatic rings. The highest BCUT2D eigenvalue weighted by Gasteiger charge is 2.37. The molecule has 0 unspecified atom stereocenters. The lowest BCUT2D eigenvalue weighted by Gasteiger charge is -2.33. The summed E-state index contributed by atoms with van der Waals surface area (Å²) < 4.78 is 50.5. The van der Waals surface area contributed by atoms with Crippen molar-refractivity contribution in [1.82, 2.24) is 29.5 Å². The maximum absolute atomic E-state index is 15.6. The van der Waals surface area contributed by atoms with Gasteiger partial charge >= 0.3 is 0 Å². The van der Waals surface area contributed by atoms with Crippen LogP contribution in [-0.2, 0) is 11.3 Å². The third kappa shape index (κ3) is 6.83. The van der Waals surface area contributed by atoms with Gasteiger partial charge in [-0.25, -0.2) is 23.4 Å². The summed E-state index contributed by atoms with van der Waals surface area (Å²) in [6, 6.07) is 9.29. The molecule has 10 nitrogen and oxygen atoms in total. The summed E-state index contributed by atoms with van der Waals surface area (Å²) >= 11 is 0. The number of hydrogen-bond donors (Lipinski definition) is 1. The van der Waals surface area contributed by atoms with Crippen LogP contribution in [0.5, 0.6) is 11.5 Å². The Bertz CT molecular complexity index is 1930. The first-order valence-corrected chi connectivity index (χ1v) is 16.7. The lowest BCUT2D eigenvalue weighted by Crippen LogP contribution is -2.40. The zero-order valence-electron chi connectivity index (χ0n) is 27.6. The number of rotatable bonds is 11. The first-order valence-electron chi connectivity index (χ1n) is 16.7. The number of nitrogens with zero attached hydrogens (tertiary/aromatic N) is 7. The predicted molar refractivity (Wildman–Crippen MR) is 179 cm³/mol. The fourth-order valence-corrected chi connectivity index (χ4v) is 7.20. The summed E-state index contributed by atoms with van der Waals surface area (Å²) in [7, 11) is 0. The van der Waals surface area contributed by atoms with E-state index in [9.17, 15) is 18.8 Å². The van der Waals surface area contributed by atoms with Crippen molar-refractivity contribution in [2.45, 2.75) is 65.0 Å². The van der Waals surface area contributed by atoms with Crippen molar-refractivity contribution in [1.29, 1.82) is 5.26 Å². The minimum atomic E-state index is -1.18. The highest BCUT2D eigenvalue weighted by molar-refractivity contribution is 5.99. The molecule has 13 heteroatoms. The number of halogens is 3. The first kappa shape index (κ1) is 33.9. The van der Waals surface area contributed by atoms with Crippen molar-refractivity contribution in [3.63, 3.8) is 0 Å². The van der Waals surface area contributed by atoms with Crippen molar-refractivity contribution in [2.24, 2.45) is 5.41 Å². The maximum Gasteiger partial charge on any atom is 0.264 e. The standard InChI is InChI=1S/C36H39F3N8O2/c1-3-45(4-2)21-36(14-5-6-15-36)18-23(19-40)35(48)46-16-8-9-24(46)20-47-34-30(33(41)42-22-43-34)32(44-47)26-13-12-25(17-28(26)38)49-29-11-7-10-27(37)31(29)39/h7,10-13,17-18,22,24H,3-6,8-9,14-16,20-21H2,1-2H3,(H2,41,42,43)/t24-/m1/s1. The van der Waals surface area contributed by atoms with E-state index < -0.39 is 17.5 Å². The average Bonchev–Trinajstić information content (AvgIpc) is 3.85. The second-order valence-electron chi connectivity index (χ2n) is 12.8. The molecule has 2 aromatic carbocycles. The Hall–Kier alpha value is -4.96. The number of carbonyl (C=O) groups is 1. The third-order valence-electron chi connectivity index (χ3n) is 9.75. The fraction of sp³-hybridized carbons (Fsp3) is 0.417. The van der Waals surface area contributed by atoms with Crippen molar-refractivity contribution in [3.8, 4) is 28.8 Å². The van der Waals surface area contributed by atoms with Crippen molar-refractivity contribution in [2.75, 3.05) is 31.9 Å². The SMILES string of the molecule is CCN(CC)CC1(C=C(C#N)C(=O)N2CCC[C@@H]2Cn2nc(-c3ccc(Oc4cccc(F)c4F)cc3F)c3c(N)ncnc32)CCCC1. The number of carbonyl (C=O) groups excluding carboxylic acids is 1. The Balaban J connectivity index is 1.28. The zero-order valence-corrected chi connectivity index (χ0v) is 27.6. The van der Waals surface area contributed by atoms with Gasteiger partial charge in [-0.15, -0.1) is 0 Å². The molecule has 1 amide bonds. The molecule has 1 saturated heterocycles. The molecule has 6 rings (SSSR count). The molecule has 2 N–H and O–H groups in total. The Labute approximate surface area is 283 Å². The molecule has 1 atom stereocenters. The molecule has 0 spiro atoms. The molecule has 49 heavy (non-hydrogen) atoms. The summed E-state index contributed by atoms with van der Waals surface area (Å²) in [5.74, 6) is -3.64. The van der Waals surface area contributed by atoms with Gasteiger partial charge in [-0.05, 0) is 63.0 Å². The van der Waals surface area contributed by atoms with Gasteiger partial charge in [0.25, 0.3) is 5.91 Å². The molecular formula is C36H39F3N8O2. The molecule has 0 bridgehead atoms. The van der Waals surface area contributed by atoms with E-state index in [1.165, 1.54) is 30.6 Å². The molecule has 1 aliphatic carbocycles. The van der Waals surface area contributed by atoms with E-state index in [0.29, 0.717) is 24.0 Å². The molecule has 1 aliphatic heterocycles. The van der Waals surface area contributed by atoms with Gasteiger partial charge in [0.05, 0.1) is 18.0 Å². The van der Waals surface area contributed by atoms with Gasteiger partial charge in [-0.2, -0.15) is 14.8 Å². The largest absolute Gasteiger partial charge is 0.454 e. The van der Waals surface area contributed by atoms with E-state index in [2.05, 4.69) is 34.8 Å². The number of likely N-dealkylation sites (tertiary alicyclic amines) is 1. The number of benzene rings is 2. The van der Waals surface area contributed by atoms with E-state index in [0.717, 1.165) is 63.9 Å². The predicted octanol–water partition coefficient (Wildman–Crippen LogP) is 6.63. The van der Waals surface area contributed by atoms with Gasteiger partial charge in [0.1, 0.15) is 41.0 Å². The van der Waals surface area contributed by atoms with Gasteiger partial charge < -0.3 is 20.3 Å². The number of nitrogens with two attached hydrogens (primary N) is 1. The van der Waals surface area contributed by atoms with Gasteiger partial charge in [0.15, 0.2) is 17.2 Å². The van der Waals surface area contributed by atoms with Crippen LogP contribution in [0.2, 0.25) is 0 Å². The third-order valence-corrected chi connectivity index (χ3v) is 9.75. The van der Waals surface area contributed by atoms with Gasteiger partial charge in [-0.3, -0.25) is 4.79 Å². The van der Waals surface area contributed by atoms with Crippen LogP contribution >= 0.6 is 0 Å². The highest BCUT2D eigenvalue weighted by atomic mass is 19.2. The first-order chi connectivity index (χ1) is 23.7. The normalized spacial score (nSPS) is 17.6. The molecule has 3 heterocycles. The van der Waals surface area contributed by atoms with Crippen LogP contribution in [0.4, 0.5) is 19.0 Å².